The Morgan fingerprint density at radius 2 is 2.39 bits per heavy atom. The number of unbranched alkanes of at least 4 members (excludes halogenated alkanes) is 2. The van der Waals surface area contributed by atoms with Gasteiger partial charge in [-0.25, -0.2) is 0 Å². The predicted molar refractivity (Wildman–Crippen MR) is 75.1 cm³/mol. The van der Waals surface area contributed by atoms with Crippen LogP contribution in [0.4, 0.5) is 0 Å². The molecule has 1 aliphatic heterocycles. The highest BCUT2D eigenvalue weighted by molar-refractivity contribution is 5.76. The maximum absolute atomic E-state index is 11.8. The Morgan fingerprint density at radius 1 is 1.56 bits per heavy atom. The molecule has 1 amide bonds. The molecule has 1 saturated heterocycles. The molecule has 0 aromatic rings. The maximum Gasteiger partial charge on any atom is 0.220 e. The number of hydrogen-bond acceptors (Lipinski definition) is 2. The molecule has 1 fully saturated rings. The number of hydrogen-bond donors (Lipinski definition) is 2. The standard InChI is InChI=1S/C15H26N2O/c1-3-4-5-6-10-17-15(18)11-13(2)14-8-7-9-16-12-14/h1,13-14,16H,4-12H2,2H3,(H,17,18). The van der Waals surface area contributed by atoms with Crippen molar-refractivity contribution < 1.29 is 4.79 Å². The van der Waals surface area contributed by atoms with Crippen molar-refractivity contribution in [3.8, 4) is 12.3 Å². The second kappa shape index (κ2) is 8.99. The number of terminal acetylenes is 1. The summed E-state index contributed by atoms with van der Waals surface area (Å²) in [5, 5.41) is 6.39. The largest absolute Gasteiger partial charge is 0.356 e. The van der Waals surface area contributed by atoms with Crippen LogP contribution in [0.3, 0.4) is 0 Å². The first-order valence-corrected chi connectivity index (χ1v) is 7.15. The molecule has 1 rings (SSSR count). The van der Waals surface area contributed by atoms with Gasteiger partial charge in [-0.1, -0.05) is 6.92 Å². The first kappa shape index (κ1) is 15.0. The summed E-state index contributed by atoms with van der Waals surface area (Å²) in [7, 11) is 0. The van der Waals surface area contributed by atoms with E-state index in [2.05, 4.69) is 23.5 Å². The fourth-order valence-electron chi connectivity index (χ4n) is 2.48. The molecule has 0 saturated carbocycles. The quantitative estimate of drug-likeness (QED) is 0.535. The maximum atomic E-state index is 11.8. The number of nitrogens with one attached hydrogen (secondary N) is 2. The smallest absolute Gasteiger partial charge is 0.220 e. The first-order valence-electron chi connectivity index (χ1n) is 7.15. The highest BCUT2D eigenvalue weighted by atomic mass is 16.1. The van der Waals surface area contributed by atoms with E-state index in [9.17, 15) is 4.79 Å². The fraction of sp³-hybridized carbons (Fsp3) is 0.800. The molecule has 2 atom stereocenters. The van der Waals surface area contributed by atoms with Crippen molar-refractivity contribution in [2.24, 2.45) is 11.8 Å². The van der Waals surface area contributed by atoms with E-state index in [4.69, 9.17) is 6.42 Å². The molecule has 3 heteroatoms. The van der Waals surface area contributed by atoms with Gasteiger partial charge in [-0.15, -0.1) is 12.3 Å². The Labute approximate surface area is 111 Å². The summed E-state index contributed by atoms with van der Waals surface area (Å²) < 4.78 is 0. The zero-order chi connectivity index (χ0) is 13.2. The summed E-state index contributed by atoms with van der Waals surface area (Å²) >= 11 is 0. The molecule has 3 nitrogen and oxygen atoms in total. The van der Waals surface area contributed by atoms with E-state index in [1.807, 2.05) is 0 Å². The zero-order valence-corrected chi connectivity index (χ0v) is 11.5. The summed E-state index contributed by atoms with van der Waals surface area (Å²) in [6.45, 7) is 5.15. The van der Waals surface area contributed by atoms with Crippen molar-refractivity contribution in [2.45, 2.75) is 45.4 Å². The lowest BCUT2D eigenvalue weighted by atomic mass is 9.85. The topological polar surface area (TPSA) is 41.1 Å². The lowest BCUT2D eigenvalue weighted by Crippen LogP contribution is -2.35. The third-order valence-corrected chi connectivity index (χ3v) is 3.72. The van der Waals surface area contributed by atoms with Gasteiger partial charge in [-0.3, -0.25) is 4.79 Å². The van der Waals surface area contributed by atoms with Gasteiger partial charge in [0.15, 0.2) is 0 Å². The molecular weight excluding hydrogens is 224 g/mol. The number of rotatable bonds is 7. The van der Waals surface area contributed by atoms with Crippen LogP contribution in [0.5, 0.6) is 0 Å². The van der Waals surface area contributed by atoms with Crippen molar-refractivity contribution in [1.29, 1.82) is 0 Å². The van der Waals surface area contributed by atoms with E-state index in [-0.39, 0.29) is 5.91 Å². The van der Waals surface area contributed by atoms with E-state index >= 15 is 0 Å². The van der Waals surface area contributed by atoms with Crippen LogP contribution in [-0.2, 0) is 4.79 Å². The minimum atomic E-state index is 0.189. The van der Waals surface area contributed by atoms with Gasteiger partial charge >= 0.3 is 0 Å². The third kappa shape index (κ3) is 6.07. The zero-order valence-electron chi connectivity index (χ0n) is 11.5. The Balaban J connectivity index is 2.09. The molecule has 0 aromatic carbocycles. The normalized spacial score (nSPS) is 21.0. The predicted octanol–water partition coefficient (Wildman–Crippen LogP) is 1.93. The van der Waals surface area contributed by atoms with E-state index in [1.165, 1.54) is 12.8 Å². The van der Waals surface area contributed by atoms with Crippen molar-refractivity contribution >= 4 is 5.91 Å². The lowest BCUT2D eigenvalue weighted by molar-refractivity contribution is -0.122. The van der Waals surface area contributed by atoms with Gasteiger partial charge in [0.2, 0.25) is 5.91 Å². The molecule has 0 radical (unpaired) electrons. The highest BCUT2D eigenvalue weighted by Gasteiger charge is 2.21. The van der Waals surface area contributed by atoms with Gasteiger partial charge in [0.1, 0.15) is 0 Å². The van der Waals surface area contributed by atoms with Gasteiger partial charge in [-0.2, -0.15) is 0 Å². The molecule has 2 unspecified atom stereocenters. The molecule has 0 aromatic heterocycles. The lowest BCUT2D eigenvalue weighted by Gasteiger charge is -2.28. The van der Waals surface area contributed by atoms with Crippen LogP contribution < -0.4 is 10.6 Å². The summed E-state index contributed by atoms with van der Waals surface area (Å²) in [4.78, 5) is 11.8. The van der Waals surface area contributed by atoms with Gasteiger partial charge < -0.3 is 10.6 Å². The van der Waals surface area contributed by atoms with Crippen LogP contribution in [0.1, 0.15) is 45.4 Å². The molecular formula is C15H26N2O. The van der Waals surface area contributed by atoms with Gasteiger partial charge in [0, 0.05) is 19.4 Å². The number of amides is 1. The van der Waals surface area contributed by atoms with Crippen LogP contribution in [0.25, 0.3) is 0 Å². The Morgan fingerprint density at radius 3 is 3.06 bits per heavy atom. The Kier molecular flexibility index (Phi) is 7.52. The molecule has 0 spiro atoms. The van der Waals surface area contributed by atoms with E-state index in [0.717, 1.165) is 38.9 Å². The minimum absolute atomic E-state index is 0.189. The minimum Gasteiger partial charge on any atom is -0.356 e. The average molecular weight is 250 g/mol. The summed E-state index contributed by atoms with van der Waals surface area (Å²) in [6.07, 6.45) is 11.1. The van der Waals surface area contributed by atoms with Crippen molar-refractivity contribution in [2.75, 3.05) is 19.6 Å². The Hall–Kier alpha value is -1.01. The third-order valence-electron chi connectivity index (χ3n) is 3.72. The van der Waals surface area contributed by atoms with E-state index in [0.29, 0.717) is 18.3 Å². The van der Waals surface area contributed by atoms with E-state index in [1.54, 1.807) is 0 Å². The molecule has 18 heavy (non-hydrogen) atoms. The summed E-state index contributed by atoms with van der Waals surface area (Å²) in [5.74, 6) is 3.93. The molecule has 0 bridgehead atoms. The summed E-state index contributed by atoms with van der Waals surface area (Å²) in [6, 6.07) is 0. The molecule has 1 heterocycles. The average Bonchev–Trinajstić information content (AvgIpc) is 2.39. The van der Waals surface area contributed by atoms with Crippen LogP contribution in [0, 0.1) is 24.2 Å². The van der Waals surface area contributed by atoms with Crippen LogP contribution in [-0.4, -0.2) is 25.5 Å². The number of carbonyl (C=O) groups is 1. The molecule has 1 aliphatic rings. The van der Waals surface area contributed by atoms with Crippen molar-refractivity contribution in [3.63, 3.8) is 0 Å². The Bertz CT molecular complexity index is 277. The van der Waals surface area contributed by atoms with Crippen LogP contribution in [0.2, 0.25) is 0 Å². The van der Waals surface area contributed by atoms with Gasteiger partial charge in [0.05, 0.1) is 0 Å². The van der Waals surface area contributed by atoms with Crippen molar-refractivity contribution in [1.82, 2.24) is 10.6 Å². The highest BCUT2D eigenvalue weighted by Crippen LogP contribution is 2.22. The van der Waals surface area contributed by atoms with Crippen LogP contribution >= 0.6 is 0 Å². The first-order chi connectivity index (χ1) is 8.74. The van der Waals surface area contributed by atoms with Crippen LogP contribution in [0.15, 0.2) is 0 Å². The fourth-order valence-corrected chi connectivity index (χ4v) is 2.48. The molecule has 102 valence electrons. The number of piperidine rings is 1. The molecule has 0 aliphatic carbocycles. The van der Waals surface area contributed by atoms with Gasteiger partial charge in [-0.05, 0) is 50.6 Å². The van der Waals surface area contributed by atoms with Crippen molar-refractivity contribution in [3.05, 3.63) is 0 Å². The monoisotopic (exact) mass is 250 g/mol. The van der Waals surface area contributed by atoms with Gasteiger partial charge in [0.25, 0.3) is 0 Å². The number of carbonyl (C=O) groups excluding carboxylic acids is 1. The summed E-state index contributed by atoms with van der Waals surface area (Å²) in [5.41, 5.74) is 0. The second-order valence-corrected chi connectivity index (χ2v) is 5.30. The molecule has 2 N–H and O–H groups in total. The van der Waals surface area contributed by atoms with E-state index < -0.39 is 0 Å². The second-order valence-electron chi connectivity index (χ2n) is 5.30. The SMILES string of the molecule is C#CCCCCNC(=O)CC(C)C1CCCNC1.